The minimum absolute atomic E-state index is 0.00815. The first kappa shape index (κ1) is 28.1. The maximum absolute atomic E-state index is 12.7. The summed E-state index contributed by atoms with van der Waals surface area (Å²) in [5, 5.41) is 14.4. The van der Waals surface area contributed by atoms with Crippen molar-refractivity contribution in [2.45, 2.75) is 82.6 Å². The van der Waals surface area contributed by atoms with Crippen LogP contribution in [0.3, 0.4) is 0 Å². The summed E-state index contributed by atoms with van der Waals surface area (Å²) in [4.78, 5) is 17.3. The third-order valence-corrected chi connectivity index (χ3v) is 10.4. The molecule has 3 aliphatic rings. The van der Waals surface area contributed by atoms with E-state index in [9.17, 15) is 9.90 Å². The highest BCUT2D eigenvalue weighted by Gasteiger charge is 2.54. The Hall–Kier alpha value is -3.05. The monoisotopic (exact) mass is 572 g/mol. The smallest absolute Gasteiger partial charge is 0.329 e. The molecule has 1 fully saturated rings. The zero-order chi connectivity index (χ0) is 28.6. The van der Waals surface area contributed by atoms with Crippen LogP contribution in [0.2, 0.25) is 5.02 Å². The van der Waals surface area contributed by atoms with Crippen LogP contribution in [0.25, 0.3) is 0 Å². The lowest BCUT2D eigenvalue weighted by Crippen LogP contribution is -2.53. The van der Waals surface area contributed by atoms with Crippen molar-refractivity contribution >= 4 is 23.3 Å². The summed E-state index contributed by atoms with van der Waals surface area (Å²) >= 11 is 6.21. The van der Waals surface area contributed by atoms with E-state index >= 15 is 0 Å². The predicted octanol–water partition coefficient (Wildman–Crippen LogP) is 7.88. The number of halogens is 1. The average molecular weight is 573 g/mol. The molecular formula is C35H41ClN2O3. The molecule has 0 saturated heterocycles. The molecule has 1 aromatic heterocycles. The van der Waals surface area contributed by atoms with Gasteiger partial charge in [-0.15, -0.1) is 0 Å². The molecule has 216 valence electrons. The highest BCUT2D eigenvalue weighted by Crippen LogP contribution is 2.56. The van der Waals surface area contributed by atoms with Crippen molar-refractivity contribution in [3.63, 3.8) is 0 Å². The number of aromatic nitrogens is 1. The number of benzene rings is 2. The number of anilines is 1. The largest absolute Gasteiger partial charge is 0.493 e. The molecule has 2 N–H and O–H groups in total. The van der Waals surface area contributed by atoms with E-state index in [0.29, 0.717) is 42.2 Å². The fourth-order valence-electron chi connectivity index (χ4n) is 7.91. The van der Waals surface area contributed by atoms with Gasteiger partial charge < -0.3 is 15.2 Å². The second-order valence-corrected chi connectivity index (χ2v) is 13.4. The number of nitrogens with zero attached hydrogens (tertiary/aromatic N) is 1. The highest BCUT2D eigenvalue weighted by molar-refractivity contribution is 6.30. The number of carboxylic acid groups (broad SMARTS) is 1. The third-order valence-electron chi connectivity index (χ3n) is 10.2. The van der Waals surface area contributed by atoms with Gasteiger partial charge in [-0.05, 0) is 116 Å². The van der Waals surface area contributed by atoms with Gasteiger partial charge in [-0.1, -0.05) is 55.8 Å². The van der Waals surface area contributed by atoms with Crippen molar-refractivity contribution in [3.8, 4) is 5.75 Å². The number of rotatable bonds is 8. The molecule has 3 aromatic rings. The van der Waals surface area contributed by atoms with Gasteiger partial charge in [0.25, 0.3) is 0 Å². The van der Waals surface area contributed by atoms with Gasteiger partial charge in [0.1, 0.15) is 11.3 Å². The van der Waals surface area contributed by atoms with E-state index in [4.69, 9.17) is 16.3 Å². The Labute approximate surface area is 248 Å². The zero-order valence-electron chi connectivity index (χ0n) is 24.2. The van der Waals surface area contributed by atoms with Crippen molar-refractivity contribution in [1.82, 2.24) is 4.98 Å². The van der Waals surface area contributed by atoms with Crippen LogP contribution in [0, 0.1) is 17.8 Å². The normalized spacial score (nSPS) is 27.6. The maximum Gasteiger partial charge on any atom is 0.329 e. The molecule has 0 radical (unpaired) electrons. The first-order valence-electron chi connectivity index (χ1n) is 15.2. The van der Waals surface area contributed by atoms with E-state index in [1.165, 1.54) is 28.8 Å². The van der Waals surface area contributed by atoms with Crippen molar-refractivity contribution in [2.24, 2.45) is 17.8 Å². The van der Waals surface area contributed by atoms with E-state index < -0.39 is 11.5 Å². The van der Waals surface area contributed by atoms with Gasteiger partial charge in [0.15, 0.2) is 0 Å². The Morgan fingerprint density at radius 3 is 2.71 bits per heavy atom. The zero-order valence-corrected chi connectivity index (χ0v) is 24.9. The van der Waals surface area contributed by atoms with Gasteiger partial charge in [-0.2, -0.15) is 0 Å². The molecule has 0 amide bonds. The van der Waals surface area contributed by atoms with E-state index in [1.807, 2.05) is 36.5 Å². The van der Waals surface area contributed by atoms with Gasteiger partial charge in [0.05, 0.1) is 6.61 Å². The number of nitrogens with one attached hydrogen (secondary N) is 1. The SMILES string of the molecule is CC1CCc2c(OC[C@H](C)C[C@H]3Cc4ccccc4C34CCC(Nc3cccc(Cl)c3)(C(=O)O)CC4)ccnc2C1. The lowest BCUT2D eigenvalue weighted by atomic mass is 9.59. The fourth-order valence-corrected chi connectivity index (χ4v) is 8.10. The maximum atomic E-state index is 12.7. The number of aliphatic carboxylic acids is 1. The highest BCUT2D eigenvalue weighted by atomic mass is 35.5. The van der Waals surface area contributed by atoms with Crippen LogP contribution in [0.5, 0.6) is 5.75 Å². The van der Waals surface area contributed by atoms with E-state index in [0.717, 1.165) is 50.0 Å². The number of ether oxygens (including phenoxy) is 1. The lowest BCUT2D eigenvalue weighted by molar-refractivity contribution is -0.144. The third kappa shape index (κ3) is 5.46. The van der Waals surface area contributed by atoms with Crippen LogP contribution in [-0.2, 0) is 29.5 Å². The summed E-state index contributed by atoms with van der Waals surface area (Å²) in [5.74, 6) is 1.75. The molecule has 1 spiro atoms. The number of carboxylic acids is 1. The second kappa shape index (κ2) is 11.3. The van der Waals surface area contributed by atoms with E-state index in [2.05, 4.69) is 48.4 Å². The van der Waals surface area contributed by atoms with Crippen LogP contribution in [0.4, 0.5) is 5.69 Å². The fraction of sp³-hybridized carbons (Fsp3) is 0.486. The molecule has 1 saturated carbocycles. The molecule has 0 bridgehead atoms. The molecule has 1 heterocycles. The van der Waals surface area contributed by atoms with Crippen molar-refractivity contribution in [3.05, 3.63) is 88.2 Å². The number of pyridine rings is 1. The number of fused-ring (bicyclic) bond motifs is 3. The van der Waals surface area contributed by atoms with Gasteiger partial charge >= 0.3 is 5.97 Å². The summed E-state index contributed by atoms with van der Waals surface area (Å²) in [6.45, 7) is 5.29. The van der Waals surface area contributed by atoms with Crippen molar-refractivity contribution in [2.75, 3.05) is 11.9 Å². The van der Waals surface area contributed by atoms with Gasteiger partial charge in [0.2, 0.25) is 0 Å². The summed E-state index contributed by atoms with van der Waals surface area (Å²) in [6, 6.07) is 18.3. The van der Waals surface area contributed by atoms with E-state index in [1.54, 1.807) is 0 Å². The first-order valence-corrected chi connectivity index (χ1v) is 15.6. The quantitative estimate of drug-likeness (QED) is 0.287. The minimum Gasteiger partial charge on any atom is -0.493 e. The van der Waals surface area contributed by atoms with Crippen molar-refractivity contribution in [1.29, 1.82) is 0 Å². The minimum atomic E-state index is -0.995. The Morgan fingerprint density at radius 1 is 1.12 bits per heavy atom. The molecule has 41 heavy (non-hydrogen) atoms. The Balaban J connectivity index is 1.18. The summed E-state index contributed by atoms with van der Waals surface area (Å²) in [6.07, 6.45) is 10.1. The van der Waals surface area contributed by atoms with Crippen LogP contribution in [-0.4, -0.2) is 28.2 Å². The van der Waals surface area contributed by atoms with Crippen LogP contribution in [0.1, 0.15) is 74.8 Å². The van der Waals surface area contributed by atoms with Crippen LogP contribution in [0.15, 0.2) is 60.8 Å². The van der Waals surface area contributed by atoms with Crippen LogP contribution < -0.4 is 10.1 Å². The Bertz CT molecular complexity index is 1410. The number of carbonyl (C=O) groups is 1. The lowest BCUT2D eigenvalue weighted by Gasteiger charge is -2.47. The standard InChI is InChI=1S/C35H41ClN2O3/c1-23-10-11-29-31(19-23)37-17-12-32(29)41-22-24(2)18-26-20-25-6-3-4-9-30(25)34(26)13-15-35(16-14-34,33(39)40)38-28-8-5-7-27(36)21-28/h3-9,12,17,21,23-24,26,38H,10-11,13-16,18-20,22H2,1-2H3,(H,39,40)/t23?,24-,26+,34?,35?/m1/s1. The molecule has 5 nitrogen and oxygen atoms in total. The molecule has 2 aromatic carbocycles. The Morgan fingerprint density at radius 2 is 1.93 bits per heavy atom. The molecule has 1 unspecified atom stereocenters. The average Bonchev–Trinajstić information content (AvgIpc) is 3.25. The van der Waals surface area contributed by atoms with Crippen LogP contribution >= 0.6 is 11.6 Å². The Kier molecular flexibility index (Phi) is 7.76. The second-order valence-electron chi connectivity index (χ2n) is 13.0. The summed E-state index contributed by atoms with van der Waals surface area (Å²) in [5.41, 5.74) is 5.11. The predicted molar refractivity (Wildman–Crippen MR) is 164 cm³/mol. The number of hydrogen-bond donors (Lipinski definition) is 2. The van der Waals surface area contributed by atoms with Gasteiger partial charge in [-0.3, -0.25) is 4.98 Å². The first-order chi connectivity index (χ1) is 19.8. The topological polar surface area (TPSA) is 71.5 Å². The molecule has 0 aliphatic heterocycles. The van der Waals surface area contributed by atoms with Gasteiger partial charge in [-0.25, -0.2) is 4.79 Å². The molecular weight excluding hydrogens is 532 g/mol. The molecule has 6 rings (SSSR count). The molecule has 3 atom stereocenters. The summed E-state index contributed by atoms with van der Waals surface area (Å²) < 4.78 is 6.47. The van der Waals surface area contributed by atoms with E-state index in [-0.39, 0.29) is 5.41 Å². The van der Waals surface area contributed by atoms with Gasteiger partial charge in [0, 0.05) is 28.2 Å². The molecule has 3 aliphatic carbocycles. The molecule has 6 heteroatoms. The van der Waals surface area contributed by atoms with Crippen molar-refractivity contribution < 1.29 is 14.6 Å². The summed E-state index contributed by atoms with van der Waals surface area (Å²) in [7, 11) is 0. The number of hydrogen-bond acceptors (Lipinski definition) is 4.